The Balaban J connectivity index is 1.41. The molecule has 1 aromatic heterocycles. The smallest absolute Gasteiger partial charge is 0.331 e. The summed E-state index contributed by atoms with van der Waals surface area (Å²) in [6, 6.07) is 19.6. The first-order chi connectivity index (χ1) is 16.5. The number of nitrogens with zero attached hydrogens (tertiary/aromatic N) is 3. The van der Waals surface area contributed by atoms with Crippen molar-refractivity contribution in [3.05, 3.63) is 89.2 Å². The van der Waals surface area contributed by atoms with E-state index in [0.717, 1.165) is 22.7 Å². The number of pyridine rings is 1. The molecule has 1 unspecified atom stereocenters. The van der Waals surface area contributed by atoms with Crippen LogP contribution in [0.3, 0.4) is 0 Å². The molecular formula is C25H26ClN5O3. The SMILES string of the molecule is CCN1C(=O)NC(Nc2ccc(OCCc3ccccn3)cc2)N(Cc2ccc(Cl)cc2)C1=O. The maximum Gasteiger partial charge on any atom is 0.331 e. The number of aromatic nitrogens is 1. The van der Waals surface area contributed by atoms with E-state index in [4.69, 9.17) is 16.3 Å². The summed E-state index contributed by atoms with van der Waals surface area (Å²) < 4.78 is 5.81. The van der Waals surface area contributed by atoms with Crippen LogP contribution in [0, 0.1) is 0 Å². The number of imide groups is 1. The first kappa shape index (κ1) is 23.4. The number of benzene rings is 2. The molecule has 8 nitrogen and oxygen atoms in total. The first-order valence-electron chi connectivity index (χ1n) is 11.1. The number of nitrogens with one attached hydrogen (secondary N) is 2. The second-order valence-electron chi connectivity index (χ2n) is 7.72. The summed E-state index contributed by atoms with van der Waals surface area (Å²) in [6.45, 7) is 2.86. The van der Waals surface area contributed by atoms with Gasteiger partial charge in [0.2, 0.25) is 0 Å². The fraction of sp³-hybridized carbons (Fsp3) is 0.240. The maximum atomic E-state index is 13.0. The van der Waals surface area contributed by atoms with E-state index in [0.29, 0.717) is 24.6 Å². The molecule has 0 radical (unpaired) electrons. The summed E-state index contributed by atoms with van der Waals surface area (Å²) in [5.41, 5.74) is 2.61. The molecule has 1 aliphatic heterocycles. The molecule has 34 heavy (non-hydrogen) atoms. The van der Waals surface area contributed by atoms with Crippen molar-refractivity contribution in [2.75, 3.05) is 18.5 Å². The molecule has 2 heterocycles. The second-order valence-corrected chi connectivity index (χ2v) is 8.16. The Morgan fingerprint density at radius 3 is 2.50 bits per heavy atom. The topological polar surface area (TPSA) is 86.8 Å². The van der Waals surface area contributed by atoms with Gasteiger partial charge in [-0.05, 0) is 61.0 Å². The highest BCUT2D eigenvalue weighted by molar-refractivity contribution is 6.30. The van der Waals surface area contributed by atoms with Crippen LogP contribution in [-0.2, 0) is 13.0 Å². The maximum absolute atomic E-state index is 13.0. The van der Waals surface area contributed by atoms with Gasteiger partial charge in [-0.2, -0.15) is 0 Å². The molecule has 0 bridgehead atoms. The molecule has 2 aromatic carbocycles. The first-order valence-corrected chi connectivity index (χ1v) is 11.4. The zero-order valence-corrected chi connectivity index (χ0v) is 19.5. The third-order valence-electron chi connectivity index (χ3n) is 5.39. The lowest BCUT2D eigenvalue weighted by Crippen LogP contribution is -2.66. The lowest BCUT2D eigenvalue weighted by atomic mass is 10.2. The quantitative estimate of drug-likeness (QED) is 0.463. The minimum absolute atomic E-state index is 0.277. The van der Waals surface area contributed by atoms with Gasteiger partial charge in [-0.15, -0.1) is 0 Å². The number of hydrogen-bond acceptors (Lipinski definition) is 5. The van der Waals surface area contributed by atoms with E-state index in [1.807, 2.05) is 54.6 Å². The molecule has 1 fully saturated rings. The average molecular weight is 480 g/mol. The molecule has 4 rings (SSSR count). The number of carbonyl (C=O) groups is 2. The number of urea groups is 2. The summed E-state index contributed by atoms with van der Waals surface area (Å²) in [5, 5.41) is 6.71. The van der Waals surface area contributed by atoms with Crippen molar-refractivity contribution in [1.82, 2.24) is 20.1 Å². The van der Waals surface area contributed by atoms with Gasteiger partial charge in [0.1, 0.15) is 5.75 Å². The van der Waals surface area contributed by atoms with Crippen LogP contribution in [-0.4, -0.2) is 46.3 Å². The molecular weight excluding hydrogens is 454 g/mol. The van der Waals surface area contributed by atoms with Gasteiger partial charge in [0, 0.05) is 35.6 Å². The summed E-state index contributed by atoms with van der Waals surface area (Å²) in [6.07, 6.45) is 1.76. The predicted molar refractivity (Wildman–Crippen MR) is 131 cm³/mol. The average Bonchev–Trinajstić information content (AvgIpc) is 2.85. The monoisotopic (exact) mass is 479 g/mol. The van der Waals surface area contributed by atoms with Gasteiger partial charge < -0.3 is 10.1 Å². The molecule has 0 saturated carbocycles. The number of rotatable bonds is 9. The van der Waals surface area contributed by atoms with E-state index in [-0.39, 0.29) is 12.6 Å². The molecule has 1 atom stereocenters. The lowest BCUT2D eigenvalue weighted by molar-refractivity contribution is 0.108. The summed E-state index contributed by atoms with van der Waals surface area (Å²) in [5.74, 6) is 0.723. The van der Waals surface area contributed by atoms with Crippen LogP contribution >= 0.6 is 11.6 Å². The second kappa shape index (κ2) is 10.9. The number of hydrogen-bond donors (Lipinski definition) is 2. The van der Waals surface area contributed by atoms with E-state index in [9.17, 15) is 9.59 Å². The van der Waals surface area contributed by atoms with Crippen LogP contribution in [0.5, 0.6) is 5.75 Å². The number of anilines is 1. The normalized spacial score (nSPS) is 15.8. The Labute approximate surface area is 203 Å². The molecule has 3 aromatic rings. The van der Waals surface area contributed by atoms with E-state index >= 15 is 0 Å². The number of carbonyl (C=O) groups excluding carboxylic acids is 2. The standard InChI is InChI=1S/C25H26ClN5O3/c1-2-30-24(32)29-23(31(25(30)33)17-18-6-8-19(26)9-7-18)28-21-10-12-22(13-11-21)34-16-14-20-5-3-4-15-27-20/h3-13,15,23,28H,2,14,16-17H2,1H3,(H,29,32). The van der Waals surface area contributed by atoms with Crippen LogP contribution in [0.15, 0.2) is 72.9 Å². The minimum Gasteiger partial charge on any atom is -0.493 e. The Bertz CT molecular complexity index is 1110. The summed E-state index contributed by atoms with van der Waals surface area (Å²) in [4.78, 5) is 32.5. The molecule has 1 aliphatic rings. The fourth-order valence-electron chi connectivity index (χ4n) is 3.59. The predicted octanol–water partition coefficient (Wildman–Crippen LogP) is 4.72. The van der Waals surface area contributed by atoms with Gasteiger partial charge >= 0.3 is 12.1 Å². The summed E-state index contributed by atoms with van der Waals surface area (Å²) in [7, 11) is 0. The van der Waals surface area contributed by atoms with Crippen LogP contribution in [0.2, 0.25) is 5.02 Å². The highest BCUT2D eigenvalue weighted by Crippen LogP contribution is 2.21. The summed E-state index contributed by atoms with van der Waals surface area (Å²) >= 11 is 5.99. The van der Waals surface area contributed by atoms with Gasteiger partial charge in [0.05, 0.1) is 13.2 Å². The van der Waals surface area contributed by atoms with Gasteiger partial charge in [-0.1, -0.05) is 29.8 Å². The van der Waals surface area contributed by atoms with Crippen LogP contribution < -0.4 is 15.4 Å². The van der Waals surface area contributed by atoms with Crippen LogP contribution in [0.4, 0.5) is 15.3 Å². The molecule has 176 valence electrons. The fourth-order valence-corrected chi connectivity index (χ4v) is 3.71. The molecule has 2 N–H and O–H groups in total. The zero-order chi connectivity index (χ0) is 23.9. The van der Waals surface area contributed by atoms with E-state index in [2.05, 4.69) is 15.6 Å². The molecule has 1 saturated heterocycles. The van der Waals surface area contributed by atoms with Crippen molar-refractivity contribution in [2.24, 2.45) is 0 Å². The highest BCUT2D eigenvalue weighted by atomic mass is 35.5. The van der Waals surface area contributed by atoms with Gasteiger partial charge in [-0.25, -0.2) is 14.5 Å². The van der Waals surface area contributed by atoms with Crippen LogP contribution in [0.25, 0.3) is 0 Å². The largest absolute Gasteiger partial charge is 0.493 e. The van der Waals surface area contributed by atoms with E-state index < -0.39 is 12.3 Å². The molecule has 9 heteroatoms. The Kier molecular flexibility index (Phi) is 7.49. The number of ether oxygens (including phenoxy) is 1. The lowest BCUT2D eigenvalue weighted by Gasteiger charge is -2.41. The van der Waals surface area contributed by atoms with Gasteiger partial charge in [0.25, 0.3) is 0 Å². The minimum atomic E-state index is -0.714. The third-order valence-corrected chi connectivity index (χ3v) is 5.64. The van der Waals surface area contributed by atoms with Crippen molar-refractivity contribution >= 4 is 29.4 Å². The van der Waals surface area contributed by atoms with Crippen molar-refractivity contribution in [1.29, 1.82) is 0 Å². The zero-order valence-electron chi connectivity index (χ0n) is 18.8. The van der Waals surface area contributed by atoms with E-state index in [1.165, 1.54) is 4.90 Å². The van der Waals surface area contributed by atoms with E-state index in [1.54, 1.807) is 30.2 Å². The molecule has 0 spiro atoms. The number of amides is 4. The van der Waals surface area contributed by atoms with Crippen molar-refractivity contribution in [3.63, 3.8) is 0 Å². The Hall–Kier alpha value is -3.78. The number of halogens is 1. The van der Waals surface area contributed by atoms with Crippen LogP contribution in [0.1, 0.15) is 18.2 Å². The highest BCUT2D eigenvalue weighted by Gasteiger charge is 2.37. The van der Waals surface area contributed by atoms with Crippen molar-refractivity contribution < 1.29 is 14.3 Å². The van der Waals surface area contributed by atoms with Crippen molar-refractivity contribution in [3.8, 4) is 5.75 Å². The van der Waals surface area contributed by atoms with Gasteiger partial charge in [-0.3, -0.25) is 15.2 Å². The Morgan fingerprint density at radius 2 is 1.82 bits per heavy atom. The Morgan fingerprint density at radius 1 is 1.06 bits per heavy atom. The molecule has 4 amide bonds. The molecule has 0 aliphatic carbocycles. The van der Waals surface area contributed by atoms with Gasteiger partial charge in [0.15, 0.2) is 6.29 Å². The van der Waals surface area contributed by atoms with Crippen molar-refractivity contribution in [2.45, 2.75) is 26.2 Å². The third kappa shape index (κ3) is 5.77.